The number of fused-ring (bicyclic) bond motifs is 12. The molecule has 22 aromatic rings. The molecule has 0 unspecified atom stereocenters. The van der Waals surface area contributed by atoms with Crippen molar-refractivity contribution in [3.63, 3.8) is 0 Å². The van der Waals surface area contributed by atoms with E-state index < -0.39 is 16.1 Å². The van der Waals surface area contributed by atoms with Gasteiger partial charge in [-0.05, 0) is 161 Å². The molecule has 0 bridgehead atoms. The number of rotatable bonds is 14. The van der Waals surface area contributed by atoms with Crippen LogP contribution in [0.3, 0.4) is 0 Å². The Bertz CT molecular complexity index is 7670. The fourth-order valence-electron chi connectivity index (χ4n) is 18.0. The molecule has 0 N–H and O–H groups in total. The molecule has 0 saturated heterocycles. The zero-order valence-corrected chi connectivity index (χ0v) is 72.2. The summed E-state index contributed by atoms with van der Waals surface area (Å²) in [6, 6.07) is 145. The molecule has 22 rings (SSSR count). The largest absolute Gasteiger partial charge is 0.309 e. The lowest BCUT2D eigenvalue weighted by Crippen LogP contribution is -2.49. The summed E-state index contributed by atoms with van der Waals surface area (Å²) in [6.45, 7) is 19.3. The van der Waals surface area contributed by atoms with Gasteiger partial charge in [-0.2, -0.15) is 0 Å². The molecular weight excluding hydrogens is 1530 g/mol. The molecule has 0 radical (unpaired) electrons. The van der Waals surface area contributed by atoms with Gasteiger partial charge in [0.05, 0.1) is 83.1 Å². The zero-order valence-electron chi connectivity index (χ0n) is 70.2. The Balaban J connectivity index is 0.000000151. The van der Waals surface area contributed by atoms with E-state index in [-0.39, 0.29) is 5.04 Å². The van der Waals surface area contributed by atoms with Crippen LogP contribution in [0.4, 0.5) is 0 Å². The van der Waals surface area contributed by atoms with Crippen LogP contribution in [0.25, 0.3) is 200 Å². The van der Waals surface area contributed by atoms with Crippen molar-refractivity contribution in [2.24, 2.45) is 0 Å². The second-order valence-corrected chi connectivity index (χ2v) is 45.4. The lowest BCUT2D eigenvalue weighted by Gasteiger charge is -2.37. The number of hydrogen-bond acceptors (Lipinski definition) is 4. The molecule has 590 valence electrons. The highest BCUT2D eigenvalue weighted by Crippen LogP contribution is 2.44. The Morgan fingerprint density at radius 2 is 0.415 bits per heavy atom. The van der Waals surface area contributed by atoms with E-state index in [4.69, 9.17) is 19.9 Å². The molecule has 0 fully saturated rings. The van der Waals surface area contributed by atoms with E-state index in [9.17, 15) is 0 Å². The van der Waals surface area contributed by atoms with Gasteiger partial charge in [-0.1, -0.05) is 331 Å². The number of hydrogen-bond donors (Lipinski definition) is 0. The summed E-state index contributed by atoms with van der Waals surface area (Å²) in [7, 11) is -3.05. The first-order chi connectivity index (χ1) is 60.0. The average molecular weight is 1620 g/mol. The topological polar surface area (TPSA) is 71.3 Å². The van der Waals surface area contributed by atoms with Crippen LogP contribution in [-0.4, -0.2) is 54.4 Å². The fraction of sp³-hybridized carbons (Fsp3) is 0.0796. The quantitative estimate of drug-likeness (QED) is 0.102. The Labute approximate surface area is 718 Å². The molecule has 0 saturated carbocycles. The molecule has 0 atom stereocenters. The van der Waals surface area contributed by atoms with Crippen LogP contribution < -0.4 is 10.4 Å². The summed E-state index contributed by atoms with van der Waals surface area (Å²) in [5.41, 5.74) is 28.8. The van der Waals surface area contributed by atoms with Gasteiger partial charge in [-0.3, -0.25) is 0 Å². The maximum atomic E-state index is 5.08. The van der Waals surface area contributed by atoms with Crippen LogP contribution in [0, 0.1) is 0 Å². The van der Waals surface area contributed by atoms with Crippen LogP contribution in [0.15, 0.2) is 400 Å². The molecule has 6 heterocycles. The van der Waals surface area contributed by atoms with Gasteiger partial charge in [0.2, 0.25) is 0 Å². The first-order valence-electron chi connectivity index (χ1n) is 42.6. The summed E-state index contributed by atoms with van der Waals surface area (Å²) in [5, 5.41) is 13.2. The van der Waals surface area contributed by atoms with Crippen molar-refractivity contribution in [2.75, 3.05) is 0 Å². The summed E-state index contributed by atoms with van der Waals surface area (Å²) >= 11 is 0. The number of nitrogens with zero attached hydrogens (tertiary/aromatic N) is 8. The van der Waals surface area contributed by atoms with Crippen molar-refractivity contribution >= 4 is 114 Å². The van der Waals surface area contributed by atoms with Gasteiger partial charge in [0.15, 0.2) is 11.6 Å². The summed E-state index contributed by atoms with van der Waals surface area (Å²) in [6.07, 6.45) is 0. The van der Waals surface area contributed by atoms with E-state index in [1.807, 2.05) is 48.5 Å². The molecule has 0 amide bonds. The molecule has 8 nitrogen and oxygen atoms in total. The second kappa shape index (κ2) is 30.5. The monoisotopic (exact) mass is 1610 g/mol. The first kappa shape index (κ1) is 75.8. The van der Waals surface area contributed by atoms with Crippen molar-refractivity contribution in [3.8, 4) is 113 Å². The minimum atomic E-state index is -1.65. The predicted molar refractivity (Wildman–Crippen MR) is 525 cm³/mol. The van der Waals surface area contributed by atoms with Gasteiger partial charge >= 0.3 is 0 Å². The Kier molecular flexibility index (Phi) is 18.8. The minimum absolute atomic E-state index is 0.280. The molecule has 10 heteroatoms. The van der Waals surface area contributed by atoms with Crippen LogP contribution in [0.2, 0.25) is 37.8 Å². The van der Waals surface area contributed by atoms with E-state index in [0.717, 1.165) is 67.5 Å². The van der Waals surface area contributed by atoms with Gasteiger partial charge in [0.1, 0.15) is 0 Å². The van der Waals surface area contributed by atoms with Gasteiger partial charge < -0.3 is 18.3 Å². The lowest BCUT2D eigenvalue weighted by molar-refractivity contribution is 0.729. The zero-order chi connectivity index (χ0) is 83.2. The maximum Gasteiger partial charge on any atom is 0.160 e. The summed E-state index contributed by atoms with van der Waals surface area (Å²) < 4.78 is 9.62. The van der Waals surface area contributed by atoms with Crippen LogP contribution in [0.1, 0.15) is 20.8 Å². The second-order valence-electron chi connectivity index (χ2n) is 35.0. The Morgan fingerprint density at radius 1 is 0.195 bits per heavy atom. The van der Waals surface area contributed by atoms with E-state index in [0.29, 0.717) is 11.6 Å². The fourth-order valence-corrected chi connectivity index (χ4v) is 21.0. The molecule has 16 aromatic carbocycles. The average Bonchev–Trinajstić information content (AvgIpc) is 1.59. The van der Waals surface area contributed by atoms with E-state index in [2.05, 4.69) is 424 Å². The van der Waals surface area contributed by atoms with Crippen LogP contribution in [-0.2, 0) is 0 Å². The van der Waals surface area contributed by atoms with Crippen LogP contribution in [0.5, 0.6) is 0 Å². The first-order valence-corrected chi connectivity index (χ1v) is 49.1. The van der Waals surface area contributed by atoms with E-state index >= 15 is 0 Å². The van der Waals surface area contributed by atoms with Crippen LogP contribution >= 0.6 is 0 Å². The van der Waals surface area contributed by atoms with Crippen molar-refractivity contribution in [3.05, 3.63) is 400 Å². The third-order valence-corrected chi connectivity index (χ3v) is 33.2. The highest BCUT2D eigenvalue weighted by Gasteiger charge is 2.37. The van der Waals surface area contributed by atoms with Gasteiger partial charge in [-0.15, -0.1) is 0 Å². The molecule has 0 spiro atoms. The smallest absolute Gasteiger partial charge is 0.160 e. The molecular formula is C113H90N8Si2. The highest BCUT2D eigenvalue weighted by atomic mass is 28.3. The SMILES string of the molecule is CC(C)(C)[Si](C)(C)c1ccc(-n2c3ccccc3c3cc(-c4ccc5c(c4)c4ccccc4n5-c4ccc(-c5cc(-c6ccccc6)nc(-c6ccccc6)n5)cc4)ccc32)cc1.C[Si](C)(C)c1ccc(-n2c3ccccc3c3cc(-c4ccc5c(c4)c4ccccc4n5-c4ccc(-c5cc(-c6ccccc6)nc(-c6ccccc6)n5)cc4)ccc32)cc1. The lowest BCUT2D eigenvalue weighted by atomic mass is 10.0. The molecule has 0 aliphatic carbocycles. The number of para-hydroxylation sites is 4. The minimum Gasteiger partial charge on any atom is -0.309 e. The molecule has 6 aromatic heterocycles. The number of aromatic nitrogens is 8. The summed E-state index contributed by atoms with van der Waals surface area (Å²) in [5.74, 6) is 1.43. The highest BCUT2D eigenvalue weighted by molar-refractivity contribution is 6.92. The normalized spacial score (nSPS) is 12.1. The van der Waals surface area contributed by atoms with Gasteiger partial charge in [-0.25, -0.2) is 19.9 Å². The Morgan fingerprint density at radius 3 is 0.683 bits per heavy atom. The predicted octanol–water partition coefficient (Wildman–Crippen LogP) is 28.9. The molecule has 123 heavy (non-hydrogen) atoms. The van der Waals surface area contributed by atoms with Crippen molar-refractivity contribution in [1.82, 2.24) is 38.2 Å². The van der Waals surface area contributed by atoms with E-state index in [1.165, 1.54) is 131 Å². The standard InChI is InChI=1S/C58H48N4Si.C55H42N4Si/c1-58(2,3)63(4,5)46-32-30-45(31-33-46)62-54-23-15-13-21-48(54)50-37-43(27-35-56(50)62)42-26-34-55-49(36-42)47-20-12-14-22-53(47)61(55)44-28-24-40(25-29-44)52-38-51(39-16-8-6-9-17-39)59-57(60-52)41-18-10-7-11-19-41;1-60(2,3)44-30-28-43(29-31-44)59-52-21-13-11-19-46(52)48-35-41(25-33-54(48)59)40-24-32-53-47(34-40)45-18-10-12-20-51(45)58(53)42-26-22-38(23-27-42)50-36-49(37-14-6-4-7-15-37)56-55(57-50)39-16-8-5-9-17-39/h6-38H,1-5H3;4-36H,1-3H3. The molecule has 0 aliphatic rings. The number of benzene rings is 16. The van der Waals surface area contributed by atoms with E-state index in [1.54, 1.807) is 0 Å². The maximum absolute atomic E-state index is 5.08. The third-order valence-electron chi connectivity index (χ3n) is 25.6. The molecule has 0 aliphatic heterocycles. The summed E-state index contributed by atoms with van der Waals surface area (Å²) in [4.78, 5) is 20.1. The van der Waals surface area contributed by atoms with Gasteiger partial charge in [0, 0.05) is 99.2 Å². The van der Waals surface area contributed by atoms with Gasteiger partial charge in [0.25, 0.3) is 0 Å². The van der Waals surface area contributed by atoms with Crippen molar-refractivity contribution < 1.29 is 0 Å². The third kappa shape index (κ3) is 13.7. The van der Waals surface area contributed by atoms with Crippen molar-refractivity contribution in [1.29, 1.82) is 0 Å². The Hall–Kier alpha value is -14.7. The van der Waals surface area contributed by atoms with Crippen molar-refractivity contribution in [2.45, 2.75) is 58.5 Å².